The van der Waals surface area contributed by atoms with Crippen LogP contribution in [0.3, 0.4) is 0 Å². The Morgan fingerprint density at radius 3 is 2.26 bits per heavy atom. The van der Waals surface area contributed by atoms with Crippen molar-refractivity contribution in [3.8, 4) is 17.2 Å². The lowest BCUT2D eigenvalue weighted by Crippen LogP contribution is -2.14. The minimum absolute atomic E-state index is 0.115. The molecule has 1 heterocycles. The van der Waals surface area contributed by atoms with E-state index in [1.54, 1.807) is 6.33 Å². The second-order valence-corrected chi connectivity index (χ2v) is 9.49. The molecule has 0 aliphatic carbocycles. The van der Waals surface area contributed by atoms with Crippen molar-refractivity contribution in [1.29, 1.82) is 0 Å². The molecule has 7 heteroatoms. The first-order chi connectivity index (χ1) is 16.4. The van der Waals surface area contributed by atoms with E-state index in [2.05, 4.69) is 48.4 Å². The maximum atomic E-state index is 12.4. The van der Waals surface area contributed by atoms with Gasteiger partial charge in [-0.3, -0.25) is 9.36 Å². The van der Waals surface area contributed by atoms with Gasteiger partial charge in [0.1, 0.15) is 17.8 Å². The molecule has 1 N–H and O–H groups in total. The van der Waals surface area contributed by atoms with E-state index < -0.39 is 0 Å². The van der Waals surface area contributed by atoms with Crippen LogP contribution in [0.4, 0.5) is 5.69 Å². The summed E-state index contributed by atoms with van der Waals surface area (Å²) in [6.07, 6.45) is 2.72. The second-order valence-electron chi connectivity index (χ2n) is 8.54. The van der Waals surface area contributed by atoms with E-state index >= 15 is 0 Å². The molecule has 1 amide bonds. The highest BCUT2D eigenvalue weighted by atomic mass is 32.2. The fraction of sp³-hybridized carbons (Fsp3) is 0.222. The highest BCUT2D eigenvalue weighted by Crippen LogP contribution is 2.30. The van der Waals surface area contributed by atoms with Crippen LogP contribution in [0, 0.1) is 0 Å². The quantitative estimate of drug-likeness (QED) is 0.282. The highest BCUT2D eigenvalue weighted by Gasteiger charge is 2.17. The molecule has 0 saturated carbocycles. The molecule has 3 aromatic carbocycles. The van der Waals surface area contributed by atoms with Gasteiger partial charge in [0.15, 0.2) is 5.16 Å². The van der Waals surface area contributed by atoms with Crippen LogP contribution in [0.15, 0.2) is 90.3 Å². The summed E-state index contributed by atoms with van der Waals surface area (Å²) in [6, 6.07) is 25.4. The van der Waals surface area contributed by atoms with Crippen LogP contribution in [-0.2, 0) is 10.2 Å². The molecular formula is C27H28N4O2S. The zero-order chi connectivity index (χ0) is 24.0. The van der Waals surface area contributed by atoms with Gasteiger partial charge in [-0.1, -0.05) is 62.9 Å². The molecule has 0 aliphatic heterocycles. The minimum atomic E-state index is -0.115. The van der Waals surface area contributed by atoms with Crippen LogP contribution < -0.4 is 10.1 Å². The monoisotopic (exact) mass is 472 g/mol. The number of anilines is 1. The van der Waals surface area contributed by atoms with Crippen molar-refractivity contribution in [3.05, 3.63) is 90.8 Å². The average Bonchev–Trinajstić information content (AvgIpc) is 3.34. The first kappa shape index (κ1) is 23.6. The van der Waals surface area contributed by atoms with Gasteiger partial charge < -0.3 is 10.1 Å². The lowest BCUT2D eigenvalue weighted by Gasteiger charge is -2.23. The van der Waals surface area contributed by atoms with Gasteiger partial charge in [0.05, 0.1) is 5.75 Å². The van der Waals surface area contributed by atoms with Crippen molar-refractivity contribution in [2.75, 3.05) is 11.1 Å². The molecule has 0 unspecified atom stereocenters. The normalized spacial score (nSPS) is 11.3. The summed E-state index contributed by atoms with van der Waals surface area (Å²) in [5.41, 5.74) is 3.10. The van der Waals surface area contributed by atoms with Gasteiger partial charge in [0.25, 0.3) is 0 Å². The molecule has 0 aliphatic rings. The lowest BCUT2D eigenvalue weighted by atomic mass is 9.82. The molecule has 0 saturated heterocycles. The Bertz CT molecular complexity index is 1220. The first-order valence-electron chi connectivity index (χ1n) is 11.2. The number of nitrogens with one attached hydrogen (secondary N) is 1. The fourth-order valence-corrected chi connectivity index (χ4v) is 4.07. The number of thioether (sulfide) groups is 1. The van der Waals surface area contributed by atoms with E-state index in [0.717, 1.165) is 17.9 Å². The number of amides is 1. The number of para-hydroxylation sites is 1. The van der Waals surface area contributed by atoms with Crippen LogP contribution >= 0.6 is 11.8 Å². The van der Waals surface area contributed by atoms with Crippen molar-refractivity contribution in [2.24, 2.45) is 0 Å². The summed E-state index contributed by atoms with van der Waals surface area (Å²) in [7, 11) is 0. The Hall–Kier alpha value is -3.58. The van der Waals surface area contributed by atoms with E-state index in [1.165, 1.54) is 17.3 Å². The van der Waals surface area contributed by atoms with Crippen molar-refractivity contribution in [3.63, 3.8) is 0 Å². The number of rotatable bonds is 9. The van der Waals surface area contributed by atoms with Gasteiger partial charge in [-0.2, -0.15) is 0 Å². The Labute approximate surface area is 204 Å². The van der Waals surface area contributed by atoms with E-state index in [0.29, 0.717) is 16.6 Å². The SMILES string of the molecule is CCC(C)(C)c1ccc(Oc2ccc(NC(=O)CSc3nncn3-c3ccccc3)cc2)cc1. The summed E-state index contributed by atoms with van der Waals surface area (Å²) in [4.78, 5) is 12.4. The molecule has 174 valence electrons. The van der Waals surface area contributed by atoms with E-state index in [9.17, 15) is 4.79 Å². The summed E-state index contributed by atoms with van der Waals surface area (Å²) in [5.74, 6) is 1.61. The molecule has 0 bridgehead atoms. The number of hydrogen-bond donors (Lipinski definition) is 1. The smallest absolute Gasteiger partial charge is 0.234 e. The molecule has 0 atom stereocenters. The van der Waals surface area contributed by atoms with E-state index in [-0.39, 0.29) is 17.1 Å². The third kappa shape index (κ3) is 5.85. The van der Waals surface area contributed by atoms with Crippen molar-refractivity contribution in [2.45, 2.75) is 37.8 Å². The first-order valence-corrected chi connectivity index (χ1v) is 12.2. The number of carbonyl (C=O) groups excluding carboxylic acids is 1. The topological polar surface area (TPSA) is 69.0 Å². The number of nitrogens with zero attached hydrogens (tertiary/aromatic N) is 3. The molecule has 4 rings (SSSR count). The zero-order valence-electron chi connectivity index (χ0n) is 19.6. The van der Waals surface area contributed by atoms with E-state index in [4.69, 9.17) is 4.74 Å². The molecule has 1 aromatic heterocycles. The maximum absolute atomic E-state index is 12.4. The second kappa shape index (κ2) is 10.6. The molecular weight excluding hydrogens is 444 g/mol. The van der Waals surface area contributed by atoms with Gasteiger partial charge in [0.2, 0.25) is 5.91 Å². The molecule has 4 aromatic rings. The standard InChI is InChI=1S/C27H28N4O2S/c1-4-27(2,3)20-10-14-23(15-11-20)33-24-16-12-21(13-17-24)29-25(32)18-34-26-30-28-19-31(26)22-8-6-5-7-9-22/h5-17,19H,4,18H2,1-3H3,(H,29,32). The largest absolute Gasteiger partial charge is 0.457 e. The van der Waals surface area contributed by atoms with Crippen LogP contribution in [0.25, 0.3) is 5.69 Å². The third-order valence-electron chi connectivity index (χ3n) is 5.78. The predicted octanol–water partition coefficient (Wildman–Crippen LogP) is 6.48. The molecule has 0 fully saturated rings. The van der Waals surface area contributed by atoms with Crippen LogP contribution in [0.1, 0.15) is 32.8 Å². The summed E-state index contributed by atoms with van der Waals surface area (Å²) in [5, 5.41) is 11.7. The highest BCUT2D eigenvalue weighted by molar-refractivity contribution is 7.99. The minimum Gasteiger partial charge on any atom is -0.457 e. The third-order valence-corrected chi connectivity index (χ3v) is 6.72. The zero-order valence-corrected chi connectivity index (χ0v) is 20.4. The Morgan fingerprint density at radius 2 is 1.62 bits per heavy atom. The molecule has 6 nitrogen and oxygen atoms in total. The number of benzene rings is 3. The number of aromatic nitrogens is 3. The molecule has 0 radical (unpaired) electrons. The number of ether oxygens (including phenoxy) is 1. The van der Waals surface area contributed by atoms with Gasteiger partial charge in [0, 0.05) is 11.4 Å². The van der Waals surface area contributed by atoms with Gasteiger partial charge >= 0.3 is 0 Å². The predicted molar refractivity (Wildman–Crippen MR) is 137 cm³/mol. The average molecular weight is 473 g/mol. The van der Waals surface area contributed by atoms with Gasteiger partial charge in [-0.15, -0.1) is 10.2 Å². The van der Waals surface area contributed by atoms with Gasteiger partial charge in [-0.05, 0) is 65.9 Å². The summed E-state index contributed by atoms with van der Waals surface area (Å²) in [6.45, 7) is 6.67. The Kier molecular flexibility index (Phi) is 7.33. The Balaban J connectivity index is 1.30. The maximum Gasteiger partial charge on any atom is 0.234 e. The fourth-order valence-electron chi connectivity index (χ4n) is 3.34. The van der Waals surface area contributed by atoms with Gasteiger partial charge in [-0.25, -0.2) is 0 Å². The van der Waals surface area contributed by atoms with Crippen LogP contribution in [0.2, 0.25) is 0 Å². The van der Waals surface area contributed by atoms with Crippen LogP contribution in [0.5, 0.6) is 11.5 Å². The van der Waals surface area contributed by atoms with Crippen molar-refractivity contribution >= 4 is 23.4 Å². The molecule has 34 heavy (non-hydrogen) atoms. The van der Waals surface area contributed by atoms with Crippen molar-refractivity contribution < 1.29 is 9.53 Å². The summed E-state index contributed by atoms with van der Waals surface area (Å²) < 4.78 is 7.82. The number of hydrogen-bond acceptors (Lipinski definition) is 5. The number of carbonyl (C=O) groups is 1. The van der Waals surface area contributed by atoms with E-state index in [1.807, 2.05) is 71.3 Å². The van der Waals surface area contributed by atoms with Crippen molar-refractivity contribution in [1.82, 2.24) is 14.8 Å². The molecule has 0 spiro atoms. The lowest BCUT2D eigenvalue weighted by molar-refractivity contribution is -0.113. The van der Waals surface area contributed by atoms with Crippen LogP contribution in [-0.4, -0.2) is 26.4 Å². The Morgan fingerprint density at radius 1 is 0.971 bits per heavy atom. The summed E-state index contributed by atoms with van der Waals surface area (Å²) >= 11 is 1.34.